The predicted molar refractivity (Wildman–Crippen MR) is 119 cm³/mol. The maximum absolute atomic E-state index is 13.3. The molecule has 3 aromatic rings. The van der Waals surface area contributed by atoms with E-state index in [0.717, 1.165) is 29.9 Å². The van der Waals surface area contributed by atoms with Gasteiger partial charge in [0.1, 0.15) is 13.2 Å². The fourth-order valence-corrected chi connectivity index (χ4v) is 4.74. The Hall–Kier alpha value is -3.32. The molecule has 158 valence electrons. The number of hydrogen-bond donors (Lipinski definition) is 1. The van der Waals surface area contributed by atoms with E-state index in [4.69, 9.17) is 9.47 Å². The number of nitrogens with zero attached hydrogens (tertiary/aromatic N) is 1. The molecule has 5 rings (SSSR count). The summed E-state index contributed by atoms with van der Waals surface area (Å²) < 4.78 is 11.3. The molecule has 31 heavy (non-hydrogen) atoms. The second kappa shape index (κ2) is 8.43. The van der Waals surface area contributed by atoms with E-state index < -0.39 is 0 Å². The minimum absolute atomic E-state index is 0.00677. The third-order valence-corrected chi connectivity index (χ3v) is 6.45. The monoisotopic (exact) mass is 434 g/mol. The van der Waals surface area contributed by atoms with Gasteiger partial charge in [-0.3, -0.25) is 9.59 Å². The Bertz CT molecular complexity index is 1110. The predicted octanol–water partition coefficient (Wildman–Crippen LogP) is 4.75. The molecular formula is C24H22N2O4S. The highest BCUT2D eigenvalue weighted by atomic mass is 32.1. The molecule has 0 spiro atoms. The molecule has 2 aliphatic heterocycles. The maximum atomic E-state index is 13.3. The van der Waals surface area contributed by atoms with Crippen molar-refractivity contribution in [3.8, 4) is 11.5 Å². The molecule has 0 aliphatic carbocycles. The van der Waals surface area contributed by atoms with Gasteiger partial charge >= 0.3 is 0 Å². The minimum atomic E-state index is -0.171. The fourth-order valence-electron chi connectivity index (χ4n) is 4.12. The molecule has 0 bridgehead atoms. The van der Waals surface area contributed by atoms with Gasteiger partial charge in [-0.2, -0.15) is 0 Å². The number of rotatable bonds is 4. The summed E-state index contributed by atoms with van der Waals surface area (Å²) in [5, 5.41) is 4.74. The van der Waals surface area contributed by atoms with Crippen LogP contribution in [0.2, 0.25) is 0 Å². The summed E-state index contributed by atoms with van der Waals surface area (Å²) in [6.45, 7) is 1.79. The first-order chi connectivity index (χ1) is 15.2. The first-order valence-electron chi connectivity index (χ1n) is 10.3. The van der Waals surface area contributed by atoms with Crippen molar-refractivity contribution in [3.05, 3.63) is 76.0 Å². The summed E-state index contributed by atoms with van der Waals surface area (Å²) in [5.41, 5.74) is 2.23. The smallest absolute Gasteiger partial charge is 0.265 e. The van der Waals surface area contributed by atoms with Crippen molar-refractivity contribution in [3.63, 3.8) is 0 Å². The van der Waals surface area contributed by atoms with E-state index >= 15 is 0 Å². The van der Waals surface area contributed by atoms with Gasteiger partial charge in [-0.25, -0.2) is 0 Å². The third kappa shape index (κ3) is 4.01. The lowest BCUT2D eigenvalue weighted by Gasteiger charge is -2.27. The number of ether oxygens (including phenoxy) is 2. The highest BCUT2D eigenvalue weighted by Crippen LogP contribution is 2.38. The van der Waals surface area contributed by atoms with Gasteiger partial charge in [0.15, 0.2) is 11.5 Å². The second-order valence-electron chi connectivity index (χ2n) is 7.57. The van der Waals surface area contributed by atoms with Crippen molar-refractivity contribution in [2.75, 3.05) is 25.1 Å². The number of thiophene rings is 1. The molecule has 0 unspecified atom stereocenters. The second-order valence-corrected chi connectivity index (χ2v) is 8.52. The third-order valence-electron chi connectivity index (χ3n) is 5.58. The van der Waals surface area contributed by atoms with Crippen LogP contribution in [0.4, 0.5) is 5.69 Å². The topological polar surface area (TPSA) is 67.9 Å². The van der Waals surface area contributed by atoms with E-state index in [0.29, 0.717) is 35.9 Å². The SMILES string of the molecule is O=C(Nc1cccc(C(=O)N2CCC[C@@H]2c2ccc3c(c2)OCCO3)c1)c1cccs1. The van der Waals surface area contributed by atoms with E-state index in [2.05, 4.69) is 5.32 Å². The fraction of sp³-hybridized carbons (Fsp3) is 0.250. The summed E-state index contributed by atoms with van der Waals surface area (Å²) in [5.74, 6) is 1.28. The zero-order chi connectivity index (χ0) is 21.2. The number of carbonyl (C=O) groups excluding carboxylic acids is 2. The summed E-state index contributed by atoms with van der Waals surface area (Å²) in [7, 11) is 0. The summed E-state index contributed by atoms with van der Waals surface area (Å²) in [6, 6.07) is 16.7. The molecule has 2 amide bonds. The van der Waals surface area contributed by atoms with Crippen LogP contribution in [0.15, 0.2) is 60.0 Å². The Kier molecular flexibility index (Phi) is 5.34. The Morgan fingerprint density at radius 2 is 1.87 bits per heavy atom. The van der Waals surface area contributed by atoms with Crippen molar-refractivity contribution in [2.24, 2.45) is 0 Å². The van der Waals surface area contributed by atoms with Crippen LogP contribution < -0.4 is 14.8 Å². The van der Waals surface area contributed by atoms with Crippen LogP contribution >= 0.6 is 11.3 Å². The van der Waals surface area contributed by atoms with Gasteiger partial charge < -0.3 is 19.7 Å². The van der Waals surface area contributed by atoms with E-state index in [1.54, 1.807) is 30.3 Å². The van der Waals surface area contributed by atoms with Crippen LogP contribution in [0.5, 0.6) is 11.5 Å². The zero-order valence-electron chi connectivity index (χ0n) is 16.9. The van der Waals surface area contributed by atoms with Gasteiger partial charge in [0.05, 0.1) is 10.9 Å². The number of benzene rings is 2. The molecule has 2 aliphatic rings. The van der Waals surface area contributed by atoms with Crippen molar-refractivity contribution in [1.29, 1.82) is 0 Å². The lowest BCUT2D eigenvalue weighted by atomic mass is 10.0. The Morgan fingerprint density at radius 1 is 1.00 bits per heavy atom. The van der Waals surface area contributed by atoms with E-state index in [1.807, 2.05) is 34.5 Å². The average Bonchev–Trinajstić information content (AvgIpc) is 3.51. The van der Waals surface area contributed by atoms with Crippen molar-refractivity contribution in [2.45, 2.75) is 18.9 Å². The van der Waals surface area contributed by atoms with Crippen LogP contribution in [0.1, 0.15) is 44.5 Å². The quantitative estimate of drug-likeness (QED) is 0.644. The van der Waals surface area contributed by atoms with E-state index in [-0.39, 0.29) is 17.9 Å². The molecule has 3 heterocycles. The number of likely N-dealkylation sites (tertiary alicyclic amines) is 1. The highest BCUT2D eigenvalue weighted by molar-refractivity contribution is 7.12. The molecule has 1 N–H and O–H groups in total. The maximum Gasteiger partial charge on any atom is 0.265 e. The molecule has 1 fully saturated rings. The van der Waals surface area contributed by atoms with Gasteiger partial charge in [0.2, 0.25) is 0 Å². The lowest BCUT2D eigenvalue weighted by Crippen LogP contribution is -2.30. The van der Waals surface area contributed by atoms with Crippen LogP contribution in [-0.4, -0.2) is 36.5 Å². The highest BCUT2D eigenvalue weighted by Gasteiger charge is 2.31. The van der Waals surface area contributed by atoms with Crippen LogP contribution in [0.25, 0.3) is 0 Å². The first-order valence-corrected chi connectivity index (χ1v) is 11.2. The Balaban J connectivity index is 1.35. The molecule has 1 saturated heterocycles. The molecular weight excluding hydrogens is 412 g/mol. The number of fused-ring (bicyclic) bond motifs is 1. The largest absolute Gasteiger partial charge is 0.486 e. The van der Waals surface area contributed by atoms with E-state index in [9.17, 15) is 9.59 Å². The van der Waals surface area contributed by atoms with Crippen LogP contribution in [0, 0.1) is 0 Å². The molecule has 1 atom stereocenters. The molecule has 6 nitrogen and oxygen atoms in total. The lowest BCUT2D eigenvalue weighted by molar-refractivity contribution is 0.0735. The minimum Gasteiger partial charge on any atom is -0.486 e. The van der Waals surface area contributed by atoms with Crippen LogP contribution in [-0.2, 0) is 0 Å². The summed E-state index contributed by atoms with van der Waals surface area (Å²) in [6.07, 6.45) is 1.85. The summed E-state index contributed by atoms with van der Waals surface area (Å²) in [4.78, 5) is 28.2. The first kappa shape index (κ1) is 19.6. The van der Waals surface area contributed by atoms with Gasteiger partial charge in [-0.05, 0) is 60.2 Å². The number of hydrogen-bond acceptors (Lipinski definition) is 5. The molecule has 2 aromatic carbocycles. The molecule has 1 aromatic heterocycles. The van der Waals surface area contributed by atoms with Crippen molar-refractivity contribution in [1.82, 2.24) is 4.90 Å². The standard InChI is InChI=1S/C24H22N2O4S/c27-23(22-7-3-13-31-22)25-18-5-1-4-17(14-18)24(28)26-10-2-6-19(26)16-8-9-20-21(15-16)30-12-11-29-20/h1,3-5,7-9,13-15,19H,2,6,10-12H2,(H,25,27)/t19-/m1/s1. The Labute approximate surface area is 184 Å². The summed E-state index contributed by atoms with van der Waals surface area (Å²) >= 11 is 1.38. The average molecular weight is 435 g/mol. The number of carbonyl (C=O) groups is 2. The zero-order valence-corrected chi connectivity index (χ0v) is 17.7. The van der Waals surface area contributed by atoms with Gasteiger partial charge in [0.25, 0.3) is 11.8 Å². The van der Waals surface area contributed by atoms with Crippen molar-refractivity contribution >= 4 is 28.8 Å². The molecule has 0 radical (unpaired) electrons. The number of nitrogens with one attached hydrogen (secondary N) is 1. The van der Waals surface area contributed by atoms with Gasteiger partial charge in [-0.15, -0.1) is 11.3 Å². The molecule has 0 saturated carbocycles. The van der Waals surface area contributed by atoms with Crippen molar-refractivity contribution < 1.29 is 19.1 Å². The number of anilines is 1. The van der Waals surface area contributed by atoms with Gasteiger partial charge in [0, 0.05) is 17.8 Å². The Morgan fingerprint density at radius 3 is 2.71 bits per heavy atom. The van der Waals surface area contributed by atoms with Crippen LogP contribution in [0.3, 0.4) is 0 Å². The number of amides is 2. The van der Waals surface area contributed by atoms with Gasteiger partial charge in [-0.1, -0.05) is 18.2 Å². The normalized spacial score (nSPS) is 17.4. The van der Waals surface area contributed by atoms with E-state index in [1.165, 1.54) is 11.3 Å². The molecule has 7 heteroatoms.